The van der Waals surface area contributed by atoms with Crippen LogP contribution in [0.15, 0.2) is 16.6 Å². The average Bonchev–Trinajstić information content (AvgIpc) is 2.01. The molecule has 60 valence electrons. The Morgan fingerprint density at radius 2 is 2.00 bits per heavy atom. The normalized spacial score (nSPS) is 10.2. The summed E-state index contributed by atoms with van der Waals surface area (Å²) in [4.78, 5) is 0. The lowest BCUT2D eigenvalue weighted by molar-refractivity contribution is 0.565. The molecule has 0 aliphatic carbocycles. The number of rotatable bonds is 1. The van der Waals surface area contributed by atoms with E-state index in [0.29, 0.717) is 5.56 Å². The molecule has 4 heteroatoms. The first kappa shape index (κ1) is 9.00. The lowest BCUT2D eigenvalue weighted by atomic mass is 10.2. The highest BCUT2D eigenvalue weighted by Gasteiger charge is 2.08. The molecular formula is C7H5BrF2S. The summed E-state index contributed by atoms with van der Waals surface area (Å²) >= 11 is 6.66. The van der Waals surface area contributed by atoms with Gasteiger partial charge in [-0.15, -0.1) is 0 Å². The minimum Gasteiger partial charge on any atom is -0.206 e. The van der Waals surface area contributed by atoms with Gasteiger partial charge in [-0.3, -0.25) is 0 Å². The summed E-state index contributed by atoms with van der Waals surface area (Å²) in [5.74, 6) is -0.891. The summed E-state index contributed by atoms with van der Waals surface area (Å²) in [5, 5.41) is 0. The van der Waals surface area contributed by atoms with Crippen molar-refractivity contribution < 1.29 is 8.78 Å². The van der Waals surface area contributed by atoms with Crippen molar-refractivity contribution in [3.05, 3.63) is 33.8 Å². The van der Waals surface area contributed by atoms with E-state index in [0.717, 1.165) is 0 Å². The zero-order valence-electron chi connectivity index (χ0n) is 5.44. The molecule has 0 saturated heterocycles. The lowest BCUT2D eigenvalue weighted by Crippen LogP contribution is -1.90. The Kier molecular flexibility index (Phi) is 2.90. The van der Waals surface area contributed by atoms with Crippen molar-refractivity contribution in [2.45, 2.75) is 5.75 Å². The first-order chi connectivity index (χ1) is 5.16. The van der Waals surface area contributed by atoms with Gasteiger partial charge in [0.1, 0.15) is 11.6 Å². The Labute approximate surface area is 77.2 Å². The molecule has 0 radical (unpaired) electrons. The molecule has 0 nitrogen and oxygen atoms in total. The molecule has 0 amide bonds. The van der Waals surface area contributed by atoms with E-state index in [-0.39, 0.29) is 10.2 Å². The molecule has 11 heavy (non-hydrogen) atoms. The lowest BCUT2D eigenvalue weighted by Gasteiger charge is -2.00. The van der Waals surface area contributed by atoms with E-state index in [2.05, 4.69) is 28.6 Å². The second kappa shape index (κ2) is 3.54. The first-order valence-electron chi connectivity index (χ1n) is 2.90. The molecule has 0 saturated carbocycles. The quantitative estimate of drug-likeness (QED) is 0.564. The van der Waals surface area contributed by atoms with Crippen LogP contribution in [-0.4, -0.2) is 0 Å². The van der Waals surface area contributed by atoms with E-state index >= 15 is 0 Å². The Balaban J connectivity index is 3.25. The maximum absolute atomic E-state index is 12.9. The third-order valence-corrected chi connectivity index (χ3v) is 2.35. The van der Waals surface area contributed by atoms with Crippen LogP contribution in [0.25, 0.3) is 0 Å². The summed E-state index contributed by atoms with van der Waals surface area (Å²) in [6, 6.07) is 2.58. The standard InChI is InChI=1S/C7H5BrF2S/c8-6-5(9)2-1-4(3-11)7(6)10/h1-2,11H,3H2. The van der Waals surface area contributed by atoms with E-state index in [1.54, 1.807) is 0 Å². The molecular weight excluding hydrogens is 234 g/mol. The van der Waals surface area contributed by atoms with Crippen molar-refractivity contribution in [1.82, 2.24) is 0 Å². The molecule has 0 unspecified atom stereocenters. The number of halogens is 3. The minimum atomic E-state index is -0.590. The zero-order valence-corrected chi connectivity index (χ0v) is 7.92. The van der Waals surface area contributed by atoms with E-state index in [1.165, 1.54) is 12.1 Å². The van der Waals surface area contributed by atoms with Gasteiger partial charge in [-0.25, -0.2) is 8.78 Å². The van der Waals surface area contributed by atoms with Crippen molar-refractivity contribution in [3.63, 3.8) is 0 Å². The SMILES string of the molecule is Fc1ccc(CS)c(F)c1Br. The fraction of sp³-hybridized carbons (Fsp3) is 0.143. The largest absolute Gasteiger partial charge is 0.206 e. The summed E-state index contributed by atoms with van der Waals surface area (Å²) in [7, 11) is 0. The number of hydrogen-bond donors (Lipinski definition) is 1. The number of thiol groups is 1. The monoisotopic (exact) mass is 238 g/mol. The molecule has 1 aromatic carbocycles. The minimum absolute atomic E-state index is 0.121. The van der Waals surface area contributed by atoms with Gasteiger partial charge in [0.05, 0.1) is 4.47 Å². The van der Waals surface area contributed by atoms with Crippen molar-refractivity contribution in [2.24, 2.45) is 0 Å². The van der Waals surface area contributed by atoms with Gasteiger partial charge in [-0.05, 0) is 27.6 Å². The fourth-order valence-corrected chi connectivity index (χ4v) is 1.32. The highest BCUT2D eigenvalue weighted by Crippen LogP contribution is 2.23. The molecule has 0 aliphatic heterocycles. The highest BCUT2D eigenvalue weighted by molar-refractivity contribution is 9.10. The molecule has 0 atom stereocenters. The van der Waals surface area contributed by atoms with E-state index in [4.69, 9.17) is 0 Å². The summed E-state index contributed by atoms with van der Waals surface area (Å²) in [6.07, 6.45) is 0. The van der Waals surface area contributed by atoms with Gasteiger partial charge in [0.25, 0.3) is 0 Å². The van der Waals surface area contributed by atoms with Gasteiger partial charge < -0.3 is 0 Å². The molecule has 1 aromatic rings. The van der Waals surface area contributed by atoms with Crippen LogP contribution >= 0.6 is 28.6 Å². The second-order valence-electron chi connectivity index (χ2n) is 1.99. The topological polar surface area (TPSA) is 0 Å². The summed E-state index contributed by atoms with van der Waals surface area (Å²) in [6.45, 7) is 0. The predicted octanol–water partition coefficient (Wildman–Crippen LogP) is 3.16. The smallest absolute Gasteiger partial charge is 0.144 e. The fourth-order valence-electron chi connectivity index (χ4n) is 0.688. The second-order valence-corrected chi connectivity index (χ2v) is 3.10. The highest BCUT2D eigenvalue weighted by atomic mass is 79.9. The summed E-state index contributed by atoms with van der Waals surface area (Å²) < 4.78 is 25.4. The van der Waals surface area contributed by atoms with E-state index in [1.807, 2.05) is 0 Å². The van der Waals surface area contributed by atoms with Crippen molar-refractivity contribution >= 4 is 28.6 Å². The van der Waals surface area contributed by atoms with E-state index < -0.39 is 11.6 Å². The maximum atomic E-state index is 12.9. The van der Waals surface area contributed by atoms with Crippen LogP contribution < -0.4 is 0 Å². The van der Waals surface area contributed by atoms with Crippen LogP contribution in [0.3, 0.4) is 0 Å². The molecule has 0 aromatic heterocycles. The van der Waals surface area contributed by atoms with Crippen LogP contribution in [-0.2, 0) is 5.75 Å². The number of benzene rings is 1. The average molecular weight is 239 g/mol. The Morgan fingerprint density at radius 1 is 1.36 bits per heavy atom. The first-order valence-corrected chi connectivity index (χ1v) is 4.32. The molecule has 0 bridgehead atoms. The van der Waals surface area contributed by atoms with Gasteiger partial charge in [0.2, 0.25) is 0 Å². The molecule has 0 heterocycles. The van der Waals surface area contributed by atoms with Crippen molar-refractivity contribution in [3.8, 4) is 0 Å². The Morgan fingerprint density at radius 3 is 2.55 bits per heavy atom. The van der Waals surface area contributed by atoms with Crippen LogP contribution in [0.2, 0.25) is 0 Å². The van der Waals surface area contributed by atoms with E-state index in [9.17, 15) is 8.78 Å². The van der Waals surface area contributed by atoms with Gasteiger partial charge in [-0.2, -0.15) is 12.6 Å². The summed E-state index contributed by atoms with van der Waals surface area (Å²) in [5.41, 5.74) is 0.390. The molecule has 1 rings (SSSR count). The van der Waals surface area contributed by atoms with Crippen LogP contribution in [0, 0.1) is 11.6 Å². The van der Waals surface area contributed by atoms with Gasteiger partial charge in [0, 0.05) is 5.75 Å². The van der Waals surface area contributed by atoms with Crippen LogP contribution in [0.4, 0.5) is 8.78 Å². The Hall–Kier alpha value is -0.0900. The predicted molar refractivity (Wildman–Crippen MR) is 46.7 cm³/mol. The molecule has 0 aliphatic rings. The maximum Gasteiger partial charge on any atom is 0.144 e. The van der Waals surface area contributed by atoms with Crippen molar-refractivity contribution in [1.29, 1.82) is 0 Å². The molecule has 0 N–H and O–H groups in total. The van der Waals surface area contributed by atoms with Crippen LogP contribution in [0.1, 0.15) is 5.56 Å². The zero-order chi connectivity index (χ0) is 8.43. The van der Waals surface area contributed by atoms with Gasteiger partial charge >= 0.3 is 0 Å². The number of hydrogen-bond acceptors (Lipinski definition) is 1. The Bertz CT molecular complexity index is 275. The molecule has 0 fully saturated rings. The van der Waals surface area contributed by atoms with Crippen molar-refractivity contribution in [2.75, 3.05) is 0 Å². The van der Waals surface area contributed by atoms with Gasteiger partial charge in [-0.1, -0.05) is 6.07 Å². The van der Waals surface area contributed by atoms with Crippen LogP contribution in [0.5, 0.6) is 0 Å². The molecule has 0 spiro atoms. The van der Waals surface area contributed by atoms with Gasteiger partial charge in [0.15, 0.2) is 0 Å². The third-order valence-electron chi connectivity index (χ3n) is 1.29. The third kappa shape index (κ3) is 1.73.